The van der Waals surface area contributed by atoms with Crippen molar-refractivity contribution in [3.63, 3.8) is 0 Å². The first-order valence-electron chi connectivity index (χ1n) is 24.6. The maximum absolute atomic E-state index is 5.34. The maximum Gasteiger partial charge on any atom is 0.213 e. The lowest BCUT2D eigenvalue weighted by Gasteiger charge is -2.09. The van der Waals surface area contributed by atoms with E-state index >= 15 is 0 Å². The zero-order chi connectivity index (χ0) is 55.8. The molecule has 72 heavy (non-hydrogen) atoms. The van der Waals surface area contributed by atoms with Gasteiger partial charge >= 0.3 is 0 Å². The molecule has 0 N–H and O–H groups in total. The van der Waals surface area contributed by atoms with Crippen LogP contribution in [0.25, 0.3) is 0 Å². The van der Waals surface area contributed by atoms with Crippen molar-refractivity contribution in [1.82, 2.24) is 30.4 Å². The molecule has 396 valence electrons. The number of nitrogens with zero attached hydrogens (tertiary/aromatic N) is 6. The molecule has 0 spiro atoms. The Morgan fingerprint density at radius 2 is 0.444 bits per heavy atom. The molecular weight excluding hydrogens is 949 g/mol. The highest BCUT2D eigenvalue weighted by Gasteiger charge is 2.08. The molecule has 8 aromatic rings. The van der Waals surface area contributed by atoms with Crippen LogP contribution in [0.5, 0.6) is 0 Å². The maximum atomic E-state index is 5.34. The molecular formula is C60H90N6O3S3. The Kier molecular flexibility index (Phi) is 26.7. The van der Waals surface area contributed by atoms with E-state index < -0.39 is 0 Å². The molecule has 8 heterocycles. The van der Waals surface area contributed by atoms with Gasteiger partial charge in [-0.3, -0.25) is 9.97 Å². The fraction of sp³-hybridized carbons (Fsp3) is 0.500. The van der Waals surface area contributed by atoms with Crippen molar-refractivity contribution in [3.8, 4) is 0 Å². The molecule has 12 heteroatoms. The van der Waals surface area contributed by atoms with Crippen molar-refractivity contribution in [2.75, 3.05) is 0 Å². The molecule has 0 bridgehead atoms. The van der Waals surface area contributed by atoms with E-state index in [2.05, 4.69) is 183 Å². The van der Waals surface area contributed by atoms with E-state index in [1.807, 2.05) is 64.2 Å². The molecule has 8 aromatic heterocycles. The number of hydrogen-bond acceptors (Lipinski definition) is 12. The van der Waals surface area contributed by atoms with Crippen molar-refractivity contribution in [2.45, 2.75) is 208 Å². The molecule has 0 aliphatic carbocycles. The Morgan fingerprint density at radius 3 is 0.556 bits per heavy atom. The Bertz CT molecular complexity index is 2510. The van der Waals surface area contributed by atoms with Gasteiger partial charge in [0.15, 0.2) is 0 Å². The topological polar surface area (TPSA) is 117 Å². The summed E-state index contributed by atoms with van der Waals surface area (Å²) < 4.78 is 15.6. The van der Waals surface area contributed by atoms with E-state index in [4.69, 9.17) is 13.3 Å². The average molecular weight is 1040 g/mol. The molecule has 0 aliphatic rings. The minimum absolute atomic E-state index is 0.623. The van der Waals surface area contributed by atoms with Gasteiger partial charge in [0.25, 0.3) is 0 Å². The minimum Gasteiger partial charge on any atom is -0.466 e. The van der Waals surface area contributed by atoms with Gasteiger partial charge in [0, 0.05) is 56.1 Å². The number of aryl methyl sites for hydroxylation is 16. The molecule has 0 saturated carbocycles. The molecule has 9 nitrogen and oxygen atoms in total. The summed E-state index contributed by atoms with van der Waals surface area (Å²) in [7, 11) is 0. The molecule has 0 unspecified atom stereocenters. The number of aromatic nitrogens is 6. The third-order valence-corrected chi connectivity index (χ3v) is 17.2. The van der Waals surface area contributed by atoms with Crippen molar-refractivity contribution < 1.29 is 13.3 Å². The lowest BCUT2D eigenvalue weighted by molar-refractivity contribution is 0.489. The molecule has 0 atom stereocenters. The zero-order valence-corrected chi connectivity index (χ0v) is 52.6. The normalized spacial score (nSPS) is 10.1. The standard InChI is InChI=1S/2C10H15N.2C8H12O.2C8H12S.C4H6N2O.C4H6N2S/c2*1-6-7(2)9(4)11-10(5)8(6)3;4*1-5-6(2)8(4)9-7(5)3;2*1-3-5-6-4(2)7-3/h2*1-5H3;4*1-4H3;2*1-2H3. The summed E-state index contributed by atoms with van der Waals surface area (Å²) >= 11 is 5.41. The van der Waals surface area contributed by atoms with Crippen LogP contribution in [-0.4, -0.2) is 30.4 Å². The lowest BCUT2D eigenvalue weighted by atomic mass is 10.0. The quantitative estimate of drug-likeness (QED) is 0.146. The van der Waals surface area contributed by atoms with Crippen molar-refractivity contribution in [3.05, 3.63) is 165 Å². The number of furan rings is 2. The van der Waals surface area contributed by atoms with Gasteiger partial charge in [0.1, 0.15) is 33.1 Å². The number of pyridine rings is 2. The molecule has 0 fully saturated rings. The molecule has 0 saturated heterocycles. The first kappa shape index (κ1) is 65.0. The largest absolute Gasteiger partial charge is 0.466 e. The lowest BCUT2D eigenvalue weighted by Crippen LogP contribution is -1.98. The summed E-state index contributed by atoms with van der Waals surface area (Å²) in [6, 6.07) is 0. The van der Waals surface area contributed by atoms with Gasteiger partial charge in [0.05, 0.1) is 0 Å². The second-order valence-electron chi connectivity index (χ2n) is 18.9. The van der Waals surface area contributed by atoms with Crippen LogP contribution in [0.2, 0.25) is 0 Å². The van der Waals surface area contributed by atoms with Gasteiger partial charge in [-0.15, -0.1) is 54.4 Å². The monoisotopic (exact) mass is 1040 g/mol. The first-order valence-corrected chi connectivity index (χ1v) is 27.1. The van der Waals surface area contributed by atoms with Gasteiger partial charge in [-0.05, 0) is 272 Å². The molecule has 0 radical (unpaired) electrons. The van der Waals surface area contributed by atoms with Crippen LogP contribution < -0.4 is 0 Å². The summed E-state index contributed by atoms with van der Waals surface area (Å²) in [4.78, 5) is 14.7. The van der Waals surface area contributed by atoms with Crippen molar-refractivity contribution >= 4 is 34.0 Å². The van der Waals surface area contributed by atoms with Gasteiger partial charge < -0.3 is 13.3 Å². The smallest absolute Gasteiger partial charge is 0.213 e. The predicted octanol–water partition coefficient (Wildman–Crippen LogP) is 18.1. The van der Waals surface area contributed by atoms with Gasteiger partial charge in [-0.1, -0.05) is 0 Å². The third-order valence-electron chi connectivity index (χ3n) is 14.0. The molecule has 8 rings (SSSR count). The van der Waals surface area contributed by atoms with E-state index in [0.717, 1.165) is 55.8 Å². The van der Waals surface area contributed by atoms with Crippen LogP contribution in [0, 0.1) is 208 Å². The van der Waals surface area contributed by atoms with Gasteiger partial charge in [-0.2, -0.15) is 0 Å². The Labute approximate surface area is 447 Å². The highest BCUT2D eigenvalue weighted by atomic mass is 32.1. The second kappa shape index (κ2) is 29.6. The van der Waals surface area contributed by atoms with Crippen LogP contribution in [0.15, 0.2) is 13.3 Å². The Hall–Kier alpha value is -5.04. The molecule has 0 aromatic carbocycles. The van der Waals surface area contributed by atoms with E-state index in [9.17, 15) is 0 Å². The van der Waals surface area contributed by atoms with Crippen molar-refractivity contribution in [1.29, 1.82) is 0 Å². The number of rotatable bonds is 0. The van der Waals surface area contributed by atoms with Crippen LogP contribution in [-0.2, 0) is 0 Å². The highest BCUT2D eigenvalue weighted by Crippen LogP contribution is 2.26. The van der Waals surface area contributed by atoms with E-state index in [1.54, 1.807) is 25.2 Å². The van der Waals surface area contributed by atoms with E-state index in [1.165, 1.54) is 97.4 Å². The van der Waals surface area contributed by atoms with E-state index in [-0.39, 0.29) is 0 Å². The minimum atomic E-state index is 0.623. The summed E-state index contributed by atoms with van der Waals surface area (Å²) in [6.45, 7) is 62.3. The SMILES string of the molecule is Cc1nc(C)c(C)c(C)c1C.Cc1nc(C)c(C)c(C)c1C.Cc1nnc(C)o1.Cc1nnc(C)s1.Cc1oc(C)c(C)c1C.Cc1oc(C)c(C)c1C.Cc1sc(C)c(C)c1C.Cc1sc(C)c(C)c1C. The zero-order valence-electron chi connectivity index (χ0n) is 50.1. The summed E-state index contributed by atoms with van der Waals surface area (Å²) in [5, 5.41) is 16.8. The average Bonchev–Trinajstić information content (AvgIpc) is 4.12. The second-order valence-corrected chi connectivity index (χ2v) is 23.1. The first-order chi connectivity index (χ1) is 33.2. The number of hydrogen-bond donors (Lipinski definition) is 0. The summed E-state index contributed by atoms with van der Waals surface area (Å²) in [6.07, 6.45) is 0. The Balaban J connectivity index is 0.000000413. The van der Waals surface area contributed by atoms with Crippen LogP contribution in [0.1, 0.15) is 165 Å². The predicted molar refractivity (Wildman–Crippen MR) is 311 cm³/mol. The van der Waals surface area contributed by atoms with Crippen LogP contribution in [0.3, 0.4) is 0 Å². The number of thiophene rings is 2. The van der Waals surface area contributed by atoms with Gasteiger partial charge in [-0.25, -0.2) is 0 Å². The van der Waals surface area contributed by atoms with Gasteiger partial charge in [0.2, 0.25) is 11.8 Å². The molecule has 0 amide bonds. The molecule has 0 aliphatic heterocycles. The van der Waals surface area contributed by atoms with E-state index in [0.29, 0.717) is 11.8 Å². The van der Waals surface area contributed by atoms with Crippen LogP contribution in [0.4, 0.5) is 0 Å². The van der Waals surface area contributed by atoms with Crippen molar-refractivity contribution in [2.24, 2.45) is 0 Å². The third kappa shape index (κ3) is 19.4. The summed E-state index contributed by atoms with van der Waals surface area (Å²) in [5.41, 5.74) is 23.7. The summed E-state index contributed by atoms with van der Waals surface area (Å²) in [5.74, 6) is 5.43. The fourth-order valence-electron chi connectivity index (χ4n) is 6.92. The highest BCUT2D eigenvalue weighted by molar-refractivity contribution is 7.12. The Morgan fingerprint density at radius 1 is 0.222 bits per heavy atom. The van der Waals surface area contributed by atoms with Crippen LogP contribution >= 0.6 is 34.0 Å². The fourth-order valence-corrected chi connectivity index (χ4v) is 9.65.